The highest BCUT2D eigenvalue weighted by Crippen LogP contribution is 2.23. The van der Waals surface area contributed by atoms with Gasteiger partial charge < -0.3 is 10.6 Å². The van der Waals surface area contributed by atoms with E-state index in [1.165, 1.54) is 12.1 Å². The number of anilines is 1. The molecule has 1 saturated heterocycles. The topological polar surface area (TPSA) is 57.3 Å². The molecule has 0 saturated carbocycles. The van der Waals surface area contributed by atoms with Gasteiger partial charge in [0.2, 0.25) is 0 Å². The molecule has 0 aliphatic carbocycles. The van der Waals surface area contributed by atoms with Gasteiger partial charge in [-0.2, -0.15) is 0 Å². The Morgan fingerprint density at radius 3 is 3.04 bits per heavy atom. The predicted octanol–water partition coefficient (Wildman–Crippen LogP) is 3.31. The number of hydrogen-bond donors (Lipinski definition) is 2. The van der Waals surface area contributed by atoms with Gasteiger partial charge in [-0.05, 0) is 49.2 Å². The molecule has 1 fully saturated rings. The summed E-state index contributed by atoms with van der Waals surface area (Å²) in [5, 5.41) is 6.48. The minimum absolute atomic E-state index is 0.161. The van der Waals surface area contributed by atoms with Gasteiger partial charge in [0.1, 0.15) is 11.6 Å². The number of piperidine rings is 1. The van der Waals surface area contributed by atoms with Crippen molar-refractivity contribution in [1.29, 1.82) is 0 Å². The number of likely N-dealkylation sites (tertiary alicyclic amines) is 1. The molecule has 2 aromatic rings. The zero-order valence-corrected chi connectivity index (χ0v) is 15.4. The summed E-state index contributed by atoms with van der Waals surface area (Å²) in [6.07, 6.45) is 3.70. The molecule has 1 atom stereocenters. The second kappa shape index (κ2) is 8.47. The Balaban J connectivity index is 1.67. The van der Waals surface area contributed by atoms with Crippen LogP contribution in [0.15, 0.2) is 36.5 Å². The smallest absolute Gasteiger partial charge is 0.254 e. The summed E-state index contributed by atoms with van der Waals surface area (Å²) in [5.74, 6) is 0.110. The number of hydrogen-bond acceptors (Lipinski definition) is 4. The standard InChI is InChI=1S/C19H22ClFN4O/c1-22-19(26)16-5-2-8-23-18(16)24-15-4-3-9-25(12-15)11-13-6-7-14(21)10-17(13)20/h2,5-8,10,15H,3-4,9,11-12H2,1H3,(H,22,26)(H,23,24). The minimum Gasteiger partial charge on any atom is -0.365 e. The van der Waals surface area contributed by atoms with Crippen LogP contribution in [0.5, 0.6) is 0 Å². The van der Waals surface area contributed by atoms with Gasteiger partial charge in [-0.3, -0.25) is 9.69 Å². The van der Waals surface area contributed by atoms with Crippen LogP contribution < -0.4 is 10.6 Å². The number of nitrogens with zero attached hydrogens (tertiary/aromatic N) is 2. The fourth-order valence-corrected chi connectivity index (χ4v) is 3.47. The van der Waals surface area contributed by atoms with E-state index in [1.54, 1.807) is 31.4 Å². The number of halogens is 2. The lowest BCUT2D eigenvalue weighted by Crippen LogP contribution is -2.42. The first-order chi connectivity index (χ1) is 12.6. The molecule has 3 rings (SSSR count). The number of amides is 1. The molecule has 1 amide bonds. The summed E-state index contributed by atoms with van der Waals surface area (Å²) in [5.41, 5.74) is 1.45. The highest BCUT2D eigenvalue weighted by molar-refractivity contribution is 6.31. The van der Waals surface area contributed by atoms with Crippen molar-refractivity contribution < 1.29 is 9.18 Å². The molecule has 5 nitrogen and oxygen atoms in total. The first-order valence-corrected chi connectivity index (χ1v) is 9.04. The van der Waals surface area contributed by atoms with Crippen molar-refractivity contribution in [2.75, 3.05) is 25.5 Å². The number of rotatable bonds is 5. The van der Waals surface area contributed by atoms with Crippen LogP contribution in [0.4, 0.5) is 10.2 Å². The van der Waals surface area contributed by atoms with Crippen molar-refractivity contribution in [2.45, 2.75) is 25.4 Å². The number of carbonyl (C=O) groups excluding carboxylic acids is 1. The van der Waals surface area contributed by atoms with Gasteiger partial charge in [0.05, 0.1) is 5.56 Å². The van der Waals surface area contributed by atoms with Crippen molar-refractivity contribution >= 4 is 23.3 Å². The Morgan fingerprint density at radius 1 is 1.42 bits per heavy atom. The van der Waals surface area contributed by atoms with E-state index in [4.69, 9.17) is 11.6 Å². The number of carbonyl (C=O) groups is 1. The molecule has 2 N–H and O–H groups in total. The summed E-state index contributed by atoms with van der Waals surface area (Å²) in [4.78, 5) is 18.6. The number of nitrogens with one attached hydrogen (secondary N) is 2. The van der Waals surface area contributed by atoms with Crippen LogP contribution in [0, 0.1) is 5.82 Å². The molecule has 0 bridgehead atoms. The van der Waals surface area contributed by atoms with E-state index >= 15 is 0 Å². The molecular formula is C19H22ClFN4O. The first kappa shape index (κ1) is 18.6. The molecule has 1 aliphatic heterocycles. The quantitative estimate of drug-likeness (QED) is 0.840. The van der Waals surface area contributed by atoms with Gasteiger partial charge in [-0.15, -0.1) is 0 Å². The molecular weight excluding hydrogens is 355 g/mol. The van der Waals surface area contributed by atoms with Crippen molar-refractivity contribution in [3.8, 4) is 0 Å². The molecule has 2 heterocycles. The molecule has 138 valence electrons. The average molecular weight is 377 g/mol. The maximum absolute atomic E-state index is 13.2. The largest absolute Gasteiger partial charge is 0.365 e. The van der Waals surface area contributed by atoms with Crippen LogP contribution in [-0.2, 0) is 6.54 Å². The second-order valence-corrected chi connectivity index (χ2v) is 6.84. The summed E-state index contributed by atoms with van der Waals surface area (Å²) in [7, 11) is 1.61. The van der Waals surface area contributed by atoms with Crippen molar-refractivity contribution in [3.63, 3.8) is 0 Å². The normalized spacial score (nSPS) is 17.7. The highest BCUT2D eigenvalue weighted by atomic mass is 35.5. The van der Waals surface area contributed by atoms with Crippen LogP contribution >= 0.6 is 11.6 Å². The fourth-order valence-electron chi connectivity index (χ4n) is 3.24. The van der Waals surface area contributed by atoms with E-state index in [0.717, 1.165) is 31.5 Å². The molecule has 1 aromatic carbocycles. The van der Waals surface area contributed by atoms with Crippen LogP contribution in [-0.4, -0.2) is 42.0 Å². The van der Waals surface area contributed by atoms with Crippen molar-refractivity contribution in [2.24, 2.45) is 0 Å². The fraction of sp³-hybridized carbons (Fsp3) is 0.368. The van der Waals surface area contributed by atoms with E-state index in [1.807, 2.05) is 0 Å². The number of aromatic nitrogens is 1. The Morgan fingerprint density at radius 2 is 2.27 bits per heavy atom. The Bertz CT molecular complexity index is 786. The molecule has 26 heavy (non-hydrogen) atoms. The van der Waals surface area contributed by atoms with Crippen LogP contribution in [0.25, 0.3) is 0 Å². The van der Waals surface area contributed by atoms with Crippen molar-refractivity contribution in [1.82, 2.24) is 15.2 Å². The predicted molar refractivity (Wildman–Crippen MR) is 101 cm³/mol. The number of benzene rings is 1. The maximum Gasteiger partial charge on any atom is 0.254 e. The second-order valence-electron chi connectivity index (χ2n) is 6.43. The lowest BCUT2D eigenvalue weighted by atomic mass is 10.0. The Labute approximate surface area is 157 Å². The lowest BCUT2D eigenvalue weighted by Gasteiger charge is -2.33. The van der Waals surface area contributed by atoms with Gasteiger partial charge in [0.25, 0.3) is 5.91 Å². The summed E-state index contributed by atoms with van der Waals surface area (Å²) >= 11 is 6.15. The molecule has 0 spiro atoms. The third-order valence-corrected chi connectivity index (χ3v) is 4.89. The molecule has 7 heteroatoms. The molecule has 1 aliphatic rings. The van der Waals surface area contributed by atoms with Crippen LogP contribution in [0.3, 0.4) is 0 Å². The van der Waals surface area contributed by atoms with Crippen LogP contribution in [0.2, 0.25) is 5.02 Å². The lowest BCUT2D eigenvalue weighted by molar-refractivity contribution is 0.0963. The van der Waals surface area contributed by atoms with Gasteiger partial charge in [-0.25, -0.2) is 9.37 Å². The van der Waals surface area contributed by atoms with Gasteiger partial charge in [0, 0.05) is 37.4 Å². The Kier molecular flexibility index (Phi) is 6.06. The molecule has 1 aromatic heterocycles. The van der Waals surface area contributed by atoms with E-state index < -0.39 is 0 Å². The van der Waals surface area contributed by atoms with E-state index in [-0.39, 0.29) is 17.8 Å². The SMILES string of the molecule is CNC(=O)c1cccnc1NC1CCCN(Cc2ccc(F)cc2Cl)C1. The third-order valence-electron chi connectivity index (χ3n) is 4.53. The minimum atomic E-state index is -0.325. The zero-order chi connectivity index (χ0) is 18.5. The van der Waals surface area contributed by atoms with Gasteiger partial charge in [-0.1, -0.05) is 17.7 Å². The molecule has 0 radical (unpaired) electrons. The zero-order valence-electron chi connectivity index (χ0n) is 14.6. The average Bonchev–Trinajstić information content (AvgIpc) is 2.64. The monoisotopic (exact) mass is 376 g/mol. The first-order valence-electron chi connectivity index (χ1n) is 8.66. The van der Waals surface area contributed by atoms with E-state index in [2.05, 4.69) is 20.5 Å². The highest BCUT2D eigenvalue weighted by Gasteiger charge is 2.22. The summed E-state index contributed by atoms with van der Waals surface area (Å²) in [6.45, 7) is 2.43. The maximum atomic E-state index is 13.2. The third kappa shape index (κ3) is 4.51. The van der Waals surface area contributed by atoms with Gasteiger partial charge in [0.15, 0.2) is 0 Å². The molecule has 1 unspecified atom stereocenters. The number of pyridine rings is 1. The van der Waals surface area contributed by atoms with E-state index in [0.29, 0.717) is 22.9 Å². The Hall–Kier alpha value is -2.18. The van der Waals surface area contributed by atoms with E-state index in [9.17, 15) is 9.18 Å². The van der Waals surface area contributed by atoms with Crippen LogP contribution in [0.1, 0.15) is 28.8 Å². The summed E-state index contributed by atoms with van der Waals surface area (Å²) in [6, 6.07) is 8.20. The van der Waals surface area contributed by atoms with Gasteiger partial charge >= 0.3 is 0 Å². The summed E-state index contributed by atoms with van der Waals surface area (Å²) < 4.78 is 13.2. The van der Waals surface area contributed by atoms with Crippen molar-refractivity contribution in [3.05, 3.63) is 58.5 Å².